The van der Waals surface area contributed by atoms with Crippen molar-refractivity contribution in [2.45, 2.75) is 18.4 Å². The summed E-state index contributed by atoms with van der Waals surface area (Å²) < 4.78 is 0. The molecule has 2 aromatic carbocycles. The van der Waals surface area contributed by atoms with Gasteiger partial charge in [0.05, 0.1) is 0 Å². The Bertz CT molecular complexity index is 738. The molecule has 0 spiro atoms. The molecule has 0 fully saturated rings. The van der Waals surface area contributed by atoms with Crippen molar-refractivity contribution >= 4 is 23.8 Å². The van der Waals surface area contributed by atoms with E-state index >= 15 is 0 Å². The zero-order chi connectivity index (χ0) is 16.4. The molecule has 0 heterocycles. The molecular weight excluding hydrogens is 306 g/mol. The van der Waals surface area contributed by atoms with Gasteiger partial charge in [0.1, 0.15) is 5.60 Å². The molecule has 0 saturated heterocycles. The van der Waals surface area contributed by atoms with Gasteiger partial charge >= 0.3 is 0 Å². The molecule has 0 bridgehead atoms. The van der Waals surface area contributed by atoms with Crippen LogP contribution in [0.2, 0.25) is 5.02 Å². The molecule has 0 amide bonds. The Morgan fingerprint density at radius 3 is 2.43 bits per heavy atom. The molecule has 1 atom stereocenters. The van der Waals surface area contributed by atoms with Crippen LogP contribution in [-0.2, 0) is 5.60 Å². The molecule has 23 heavy (non-hydrogen) atoms. The highest BCUT2D eigenvalue weighted by atomic mass is 35.5. The summed E-state index contributed by atoms with van der Waals surface area (Å²) in [5.74, 6) is 0. The molecule has 1 aliphatic carbocycles. The summed E-state index contributed by atoms with van der Waals surface area (Å²) in [6.07, 6.45) is 5.71. The number of benzene rings is 2. The molecule has 1 N–H and O–H groups in total. The van der Waals surface area contributed by atoms with Gasteiger partial charge in [-0.25, -0.2) is 0 Å². The van der Waals surface area contributed by atoms with E-state index in [4.69, 9.17) is 11.6 Å². The molecule has 0 aliphatic heterocycles. The van der Waals surface area contributed by atoms with Crippen molar-refractivity contribution < 1.29 is 5.11 Å². The number of aliphatic hydroxyl groups is 1. The maximum absolute atomic E-state index is 11.7. The van der Waals surface area contributed by atoms with E-state index in [0.717, 1.165) is 35.2 Å². The quantitative estimate of drug-likeness (QED) is 0.899. The van der Waals surface area contributed by atoms with Crippen molar-refractivity contribution in [3.05, 3.63) is 69.7 Å². The van der Waals surface area contributed by atoms with Gasteiger partial charge in [0, 0.05) is 5.02 Å². The summed E-state index contributed by atoms with van der Waals surface area (Å²) in [5, 5.41) is 12.3. The van der Waals surface area contributed by atoms with E-state index in [1.54, 1.807) is 0 Å². The lowest BCUT2D eigenvalue weighted by Crippen LogP contribution is -2.30. The van der Waals surface area contributed by atoms with E-state index in [1.807, 2.05) is 36.4 Å². The van der Waals surface area contributed by atoms with Gasteiger partial charge in [0.25, 0.3) is 0 Å². The first-order chi connectivity index (χ1) is 11.0. The molecule has 3 heteroatoms. The summed E-state index contributed by atoms with van der Waals surface area (Å²) in [6, 6.07) is 13.8. The van der Waals surface area contributed by atoms with Crippen LogP contribution in [-0.4, -0.2) is 30.6 Å². The van der Waals surface area contributed by atoms with E-state index < -0.39 is 5.60 Å². The normalized spacial score (nSPS) is 19.3. The fraction of sp³-hybridized carbons (Fsp3) is 0.300. The van der Waals surface area contributed by atoms with Crippen molar-refractivity contribution in [3.8, 4) is 0 Å². The smallest absolute Gasteiger partial charge is 0.116 e. The van der Waals surface area contributed by atoms with Crippen LogP contribution in [0, 0.1) is 0 Å². The number of nitrogens with zero attached hydrogens (tertiary/aromatic N) is 1. The lowest BCUT2D eigenvalue weighted by Gasteiger charge is -2.31. The van der Waals surface area contributed by atoms with E-state index in [9.17, 15) is 5.11 Å². The maximum Gasteiger partial charge on any atom is 0.116 e. The Hall–Kier alpha value is -1.61. The molecule has 2 nitrogen and oxygen atoms in total. The highest BCUT2D eigenvalue weighted by molar-refractivity contribution is 6.30. The molecule has 2 aromatic rings. The molecule has 0 radical (unpaired) electrons. The van der Waals surface area contributed by atoms with Gasteiger partial charge in [0.15, 0.2) is 0 Å². The Balaban J connectivity index is 2.12. The Morgan fingerprint density at radius 2 is 1.70 bits per heavy atom. The molecule has 0 aromatic heterocycles. The van der Waals surface area contributed by atoms with Crippen LogP contribution in [0.1, 0.15) is 35.1 Å². The molecule has 120 valence electrons. The third-order valence-electron chi connectivity index (χ3n) is 4.45. The summed E-state index contributed by atoms with van der Waals surface area (Å²) in [7, 11) is 4.11. The van der Waals surface area contributed by atoms with Crippen molar-refractivity contribution in [1.82, 2.24) is 4.90 Å². The predicted molar refractivity (Wildman–Crippen MR) is 97.6 cm³/mol. The predicted octanol–water partition coefficient (Wildman–Crippen LogP) is 4.40. The van der Waals surface area contributed by atoms with Crippen LogP contribution in [0.5, 0.6) is 0 Å². The average molecular weight is 328 g/mol. The van der Waals surface area contributed by atoms with E-state index in [0.29, 0.717) is 11.4 Å². The van der Waals surface area contributed by atoms with Crippen LogP contribution < -0.4 is 0 Å². The number of fused-ring (bicyclic) bond motifs is 2. The Labute approximate surface area is 143 Å². The van der Waals surface area contributed by atoms with Crippen LogP contribution in [0.4, 0.5) is 0 Å². The van der Waals surface area contributed by atoms with Crippen LogP contribution in [0.3, 0.4) is 0 Å². The highest BCUT2D eigenvalue weighted by Crippen LogP contribution is 2.41. The zero-order valence-corrected chi connectivity index (χ0v) is 14.3. The standard InChI is InChI=1S/C20H22ClNO/c1-22(2)13-5-12-20(23)18-7-4-3-6-15(18)8-9-16-10-11-17(21)14-19(16)20/h3-4,6-11,14,23H,5,12-13H2,1-2H3/t20-/m0/s1. The summed E-state index contributed by atoms with van der Waals surface area (Å²) in [4.78, 5) is 2.14. The first kappa shape index (κ1) is 16.3. The van der Waals surface area contributed by atoms with Crippen molar-refractivity contribution in [3.63, 3.8) is 0 Å². The second kappa shape index (κ2) is 6.48. The van der Waals surface area contributed by atoms with Gasteiger partial charge in [-0.3, -0.25) is 0 Å². The first-order valence-corrected chi connectivity index (χ1v) is 8.33. The van der Waals surface area contributed by atoms with E-state index in [1.165, 1.54) is 0 Å². The Morgan fingerprint density at radius 1 is 1.00 bits per heavy atom. The van der Waals surface area contributed by atoms with E-state index in [-0.39, 0.29) is 0 Å². The van der Waals surface area contributed by atoms with Gasteiger partial charge in [-0.05, 0) is 67.9 Å². The topological polar surface area (TPSA) is 23.5 Å². The Kier molecular flexibility index (Phi) is 4.58. The first-order valence-electron chi connectivity index (χ1n) is 7.95. The van der Waals surface area contributed by atoms with Crippen molar-refractivity contribution in [2.75, 3.05) is 20.6 Å². The van der Waals surface area contributed by atoms with Gasteiger partial charge in [-0.2, -0.15) is 0 Å². The molecule has 0 saturated carbocycles. The van der Waals surface area contributed by atoms with Crippen LogP contribution in [0.15, 0.2) is 42.5 Å². The average Bonchev–Trinajstić information content (AvgIpc) is 2.64. The lowest BCUT2D eigenvalue weighted by atomic mass is 9.80. The highest BCUT2D eigenvalue weighted by Gasteiger charge is 2.35. The minimum atomic E-state index is -1.02. The molecular formula is C20H22ClNO. The minimum absolute atomic E-state index is 0.655. The molecule has 3 rings (SSSR count). The van der Waals surface area contributed by atoms with Crippen LogP contribution >= 0.6 is 11.6 Å². The molecule has 0 unspecified atom stereocenters. The summed E-state index contributed by atoms with van der Waals surface area (Å²) >= 11 is 6.23. The van der Waals surface area contributed by atoms with Crippen molar-refractivity contribution in [2.24, 2.45) is 0 Å². The number of hydrogen-bond donors (Lipinski definition) is 1. The summed E-state index contributed by atoms with van der Waals surface area (Å²) in [6.45, 7) is 0.938. The lowest BCUT2D eigenvalue weighted by molar-refractivity contribution is 0.0663. The fourth-order valence-electron chi connectivity index (χ4n) is 3.30. The minimum Gasteiger partial charge on any atom is -0.380 e. The van der Waals surface area contributed by atoms with Gasteiger partial charge in [-0.1, -0.05) is 54.1 Å². The second-order valence-electron chi connectivity index (χ2n) is 6.42. The van der Waals surface area contributed by atoms with Crippen molar-refractivity contribution in [1.29, 1.82) is 0 Å². The monoisotopic (exact) mass is 327 g/mol. The van der Waals surface area contributed by atoms with E-state index in [2.05, 4.69) is 37.2 Å². The number of hydrogen-bond acceptors (Lipinski definition) is 2. The zero-order valence-electron chi connectivity index (χ0n) is 13.6. The third kappa shape index (κ3) is 3.20. The third-order valence-corrected chi connectivity index (χ3v) is 4.69. The van der Waals surface area contributed by atoms with Gasteiger partial charge < -0.3 is 10.0 Å². The maximum atomic E-state index is 11.7. The number of rotatable bonds is 4. The SMILES string of the molecule is CN(C)CCC[C@]1(O)c2ccccc2C=Cc2ccc(Cl)cc21. The van der Waals surface area contributed by atoms with Gasteiger partial charge in [0.2, 0.25) is 0 Å². The summed E-state index contributed by atoms with van der Waals surface area (Å²) in [5.41, 5.74) is 2.92. The van der Waals surface area contributed by atoms with Crippen LogP contribution in [0.25, 0.3) is 12.2 Å². The number of halogens is 1. The fourth-order valence-corrected chi connectivity index (χ4v) is 3.47. The molecule has 1 aliphatic rings. The van der Waals surface area contributed by atoms with Gasteiger partial charge in [-0.15, -0.1) is 0 Å². The largest absolute Gasteiger partial charge is 0.380 e. The second-order valence-corrected chi connectivity index (χ2v) is 6.86.